The molecule has 8 nitrogen and oxygen atoms in total. The molecule has 0 aliphatic rings. The molecule has 1 atom stereocenters. The second kappa shape index (κ2) is 9.55. The van der Waals surface area contributed by atoms with Crippen LogP contribution in [-0.4, -0.2) is 40.5 Å². The normalized spacial score (nSPS) is 12.3. The quantitative estimate of drug-likeness (QED) is 0.301. The Morgan fingerprint density at radius 2 is 1.80 bits per heavy atom. The Kier molecular flexibility index (Phi) is 8.07. The molecule has 2 aromatic carbocycles. The Balaban J connectivity index is 0.000000271. The fourth-order valence-electron chi connectivity index (χ4n) is 1.63. The first-order chi connectivity index (χ1) is 11.7. The number of hydrogen-bond donors (Lipinski definition) is 4. The first kappa shape index (κ1) is 21.1. The summed E-state index contributed by atoms with van der Waals surface area (Å²) in [7, 11) is 0. The van der Waals surface area contributed by atoms with E-state index >= 15 is 0 Å². The second-order valence-corrected chi connectivity index (χ2v) is 9.17. The van der Waals surface area contributed by atoms with Gasteiger partial charge in [-0.15, -0.1) is 0 Å². The van der Waals surface area contributed by atoms with Crippen molar-refractivity contribution in [3.05, 3.63) is 58.6 Å². The molecule has 0 aliphatic heterocycles. The average Bonchev–Trinajstić information content (AvgIpc) is 2.55. The zero-order valence-electron chi connectivity index (χ0n) is 12.9. The van der Waals surface area contributed by atoms with E-state index in [2.05, 4.69) is 25.1 Å². The SMILES string of the molecule is CC(=O)Nc1cccc([As](=O)(O)OO)c1.O=C(O)c1cccc(Br)c1. The summed E-state index contributed by atoms with van der Waals surface area (Å²) in [6.07, 6.45) is 0. The molecule has 4 N–H and O–H groups in total. The van der Waals surface area contributed by atoms with Crippen molar-refractivity contribution < 1.29 is 31.7 Å². The molecule has 1 unspecified atom stereocenters. The molecule has 0 aliphatic carbocycles. The van der Waals surface area contributed by atoms with Crippen molar-refractivity contribution in [1.29, 1.82) is 0 Å². The van der Waals surface area contributed by atoms with Crippen LogP contribution in [0.15, 0.2) is 53.0 Å². The van der Waals surface area contributed by atoms with Crippen molar-refractivity contribution in [2.75, 3.05) is 5.32 Å². The van der Waals surface area contributed by atoms with E-state index in [4.69, 9.17) is 10.4 Å². The molecule has 0 bridgehead atoms. The van der Waals surface area contributed by atoms with E-state index in [1.165, 1.54) is 25.1 Å². The summed E-state index contributed by atoms with van der Waals surface area (Å²) < 4.78 is 24.7. The predicted molar refractivity (Wildman–Crippen MR) is 93.9 cm³/mol. The molecule has 0 saturated heterocycles. The van der Waals surface area contributed by atoms with Crippen LogP contribution >= 0.6 is 15.9 Å². The van der Waals surface area contributed by atoms with E-state index in [9.17, 15) is 17.4 Å². The summed E-state index contributed by atoms with van der Waals surface area (Å²) in [5.74, 6) is -1.20. The van der Waals surface area contributed by atoms with Crippen LogP contribution < -0.4 is 9.67 Å². The minimum atomic E-state index is -4.83. The number of rotatable bonds is 4. The molecule has 2 rings (SSSR count). The molecule has 0 fully saturated rings. The summed E-state index contributed by atoms with van der Waals surface area (Å²) in [5, 5.41) is 19.2. The third-order valence-electron chi connectivity index (χ3n) is 2.68. The minimum Gasteiger partial charge on any atom is -0.478 e. The largest absolute Gasteiger partial charge is 0.478 e. The van der Waals surface area contributed by atoms with Crippen LogP contribution in [0.1, 0.15) is 17.3 Å². The van der Waals surface area contributed by atoms with Crippen molar-refractivity contribution in [2.45, 2.75) is 6.92 Å². The van der Waals surface area contributed by atoms with Crippen molar-refractivity contribution in [2.24, 2.45) is 0 Å². The smallest absolute Gasteiger partial charge is 0.335 e. The number of aromatic carboxylic acids is 1. The summed E-state index contributed by atoms with van der Waals surface area (Å²) in [4.78, 5) is 21.1. The van der Waals surface area contributed by atoms with Gasteiger partial charge < -0.3 is 5.11 Å². The number of benzene rings is 2. The maximum Gasteiger partial charge on any atom is 0.335 e. The Hall–Kier alpha value is -1.90. The Morgan fingerprint density at radius 3 is 2.28 bits per heavy atom. The van der Waals surface area contributed by atoms with Crippen LogP contribution in [-0.2, 0) is 12.4 Å². The fraction of sp³-hybridized carbons (Fsp3) is 0.0667. The molecule has 0 aromatic heterocycles. The molecule has 0 spiro atoms. The number of amides is 1. The molecule has 0 saturated carbocycles. The van der Waals surface area contributed by atoms with Gasteiger partial charge in [0.2, 0.25) is 0 Å². The number of halogens is 1. The van der Waals surface area contributed by atoms with Gasteiger partial charge in [-0.25, -0.2) is 4.79 Å². The fourth-order valence-corrected chi connectivity index (χ4v) is 3.44. The summed E-state index contributed by atoms with van der Waals surface area (Å²) in [6, 6.07) is 12.2. The van der Waals surface area contributed by atoms with Crippen LogP contribution in [0, 0.1) is 0 Å². The monoisotopic (exact) mass is 475 g/mol. The molecule has 1 amide bonds. The topological polar surface area (TPSA) is 133 Å². The summed E-state index contributed by atoms with van der Waals surface area (Å²) in [6.45, 7) is 1.32. The molecule has 134 valence electrons. The van der Waals surface area contributed by atoms with Gasteiger partial charge in [-0.3, -0.25) is 0 Å². The van der Waals surface area contributed by atoms with Crippen molar-refractivity contribution in [3.63, 3.8) is 0 Å². The van der Waals surface area contributed by atoms with Gasteiger partial charge in [-0.1, -0.05) is 22.0 Å². The van der Waals surface area contributed by atoms with Crippen LogP contribution in [0.4, 0.5) is 5.69 Å². The number of carboxylic acid groups (broad SMARTS) is 1. The second-order valence-electron chi connectivity index (χ2n) is 4.65. The van der Waals surface area contributed by atoms with Crippen molar-refractivity contribution in [3.8, 4) is 0 Å². The van der Waals surface area contributed by atoms with E-state index < -0.39 is 20.1 Å². The standard InChI is InChI=1S/C8H10AsNO5.C7H5BrO2/c1-6(11)10-8-4-2-3-7(5-8)9(12,13)15-14;8-6-3-1-2-5(4-6)7(9)10/h2-5,14H,1H3,(H,10,11)(H,12,13);1-4H,(H,9,10). The average molecular weight is 476 g/mol. The van der Waals surface area contributed by atoms with Crippen LogP contribution in [0.3, 0.4) is 0 Å². The van der Waals surface area contributed by atoms with Gasteiger partial charge in [-0.2, -0.15) is 0 Å². The van der Waals surface area contributed by atoms with E-state index in [-0.39, 0.29) is 10.3 Å². The van der Waals surface area contributed by atoms with Crippen LogP contribution in [0.2, 0.25) is 0 Å². The molecule has 0 radical (unpaired) electrons. The van der Waals surface area contributed by atoms with Gasteiger partial charge in [0.05, 0.1) is 5.56 Å². The number of carbonyl (C=O) groups excluding carboxylic acids is 1. The number of anilines is 1. The Morgan fingerprint density at radius 1 is 1.16 bits per heavy atom. The molecular formula is C15H15AsBrNO7. The van der Waals surface area contributed by atoms with E-state index in [0.29, 0.717) is 11.3 Å². The van der Waals surface area contributed by atoms with Gasteiger partial charge >= 0.3 is 94.4 Å². The van der Waals surface area contributed by atoms with Gasteiger partial charge in [0.25, 0.3) is 0 Å². The van der Waals surface area contributed by atoms with Gasteiger partial charge in [0.1, 0.15) is 0 Å². The predicted octanol–water partition coefficient (Wildman–Crippen LogP) is 1.85. The Bertz CT molecular complexity index is 812. The van der Waals surface area contributed by atoms with Crippen LogP contribution in [0.5, 0.6) is 0 Å². The van der Waals surface area contributed by atoms with Gasteiger partial charge in [0.15, 0.2) is 0 Å². The number of carboxylic acids is 1. The first-order valence-electron chi connectivity index (χ1n) is 6.68. The molecular weight excluding hydrogens is 461 g/mol. The molecule has 0 heterocycles. The van der Waals surface area contributed by atoms with E-state index in [0.717, 1.165) is 4.47 Å². The maximum atomic E-state index is 11.3. The van der Waals surface area contributed by atoms with Crippen molar-refractivity contribution in [1.82, 2.24) is 0 Å². The van der Waals surface area contributed by atoms with E-state index in [1.807, 2.05) is 0 Å². The molecule has 2 aromatic rings. The van der Waals surface area contributed by atoms with Crippen LogP contribution in [0.25, 0.3) is 0 Å². The van der Waals surface area contributed by atoms with Gasteiger partial charge in [-0.05, 0) is 18.2 Å². The summed E-state index contributed by atoms with van der Waals surface area (Å²) >= 11 is -1.66. The zero-order valence-corrected chi connectivity index (χ0v) is 16.4. The number of hydrogen-bond acceptors (Lipinski definition) is 5. The summed E-state index contributed by atoms with van der Waals surface area (Å²) in [5.41, 5.74) is 0.669. The molecule has 10 heteroatoms. The molecule has 25 heavy (non-hydrogen) atoms. The first-order valence-corrected chi connectivity index (χ1v) is 10.8. The number of nitrogens with one attached hydrogen (secondary N) is 1. The third kappa shape index (κ3) is 7.25. The van der Waals surface area contributed by atoms with Gasteiger partial charge in [0, 0.05) is 4.47 Å². The number of carbonyl (C=O) groups is 2. The Labute approximate surface area is 154 Å². The zero-order chi connectivity index (χ0) is 19.0. The van der Waals surface area contributed by atoms with Crippen molar-refractivity contribution >= 4 is 52.0 Å². The third-order valence-corrected chi connectivity index (χ3v) is 5.59. The maximum absolute atomic E-state index is 11.3. The van der Waals surface area contributed by atoms with E-state index in [1.54, 1.807) is 30.3 Å². The minimum absolute atomic E-state index is 0.0399.